The molecule has 84 valence electrons. The van der Waals surface area contributed by atoms with E-state index in [2.05, 4.69) is 40.1 Å². The molecule has 1 aliphatic carbocycles. The molecule has 0 heterocycles. The summed E-state index contributed by atoms with van der Waals surface area (Å²) in [5.74, 6) is 1.97. The van der Waals surface area contributed by atoms with Crippen molar-refractivity contribution in [2.45, 2.75) is 59.4 Å². The van der Waals surface area contributed by atoms with Crippen molar-refractivity contribution in [3.05, 3.63) is 0 Å². The van der Waals surface area contributed by atoms with Crippen molar-refractivity contribution in [3.8, 4) is 0 Å². The highest BCUT2D eigenvalue weighted by Crippen LogP contribution is 2.49. The van der Waals surface area contributed by atoms with Crippen molar-refractivity contribution in [3.63, 3.8) is 0 Å². The second kappa shape index (κ2) is 4.65. The van der Waals surface area contributed by atoms with Gasteiger partial charge < -0.3 is 5.32 Å². The Morgan fingerprint density at radius 3 is 2.36 bits per heavy atom. The molecule has 0 amide bonds. The van der Waals surface area contributed by atoms with Gasteiger partial charge in [-0.2, -0.15) is 0 Å². The molecule has 14 heavy (non-hydrogen) atoms. The van der Waals surface area contributed by atoms with Gasteiger partial charge in [-0.25, -0.2) is 0 Å². The van der Waals surface area contributed by atoms with Gasteiger partial charge in [0.1, 0.15) is 0 Å². The van der Waals surface area contributed by atoms with E-state index in [9.17, 15) is 0 Å². The fraction of sp³-hybridized carbons (Fsp3) is 1.00. The Labute approximate surface area is 89.7 Å². The Morgan fingerprint density at radius 1 is 1.43 bits per heavy atom. The molecule has 1 nitrogen and oxygen atoms in total. The molecule has 0 radical (unpaired) electrons. The quantitative estimate of drug-likeness (QED) is 0.712. The van der Waals surface area contributed by atoms with Gasteiger partial charge in [0.15, 0.2) is 0 Å². The lowest BCUT2D eigenvalue weighted by Crippen LogP contribution is -2.40. The number of nitrogens with one attached hydrogen (secondary N) is 1. The molecule has 0 aromatic heterocycles. The number of hydrogen-bond donors (Lipinski definition) is 1. The average molecular weight is 197 g/mol. The van der Waals surface area contributed by atoms with E-state index in [1.807, 2.05) is 0 Å². The van der Waals surface area contributed by atoms with E-state index in [-0.39, 0.29) is 0 Å². The van der Waals surface area contributed by atoms with Crippen LogP contribution >= 0.6 is 0 Å². The average Bonchev–Trinajstić information content (AvgIpc) is 2.12. The first-order valence-corrected chi connectivity index (χ1v) is 6.19. The zero-order valence-corrected chi connectivity index (χ0v) is 10.6. The summed E-state index contributed by atoms with van der Waals surface area (Å²) in [7, 11) is 2.07. The van der Waals surface area contributed by atoms with Crippen LogP contribution in [0.5, 0.6) is 0 Å². The Balaban J connectivity index is 2.48. The van der Waals surface area contributed by atoms with E-state index in [1.54, 1.807) is 0 Å². The first-order valence-electron chi connectivity index (χ1n) is 6.19. The van der Waals surface area contributed by atoms with Crippen molar-refractivity contribution >= 4 is 0 Å². The van der Waals surface area contributed by atoms with Crippen LogP contribution < -0.4 is 5.32 Å². The summed E-state index contributed by atoms with van der Waals surface area (Å²) in [5, 5.41) is 3.37. The topological polar surface area (TPSA) is 12.0 Å². The van der Waals surface area contributed by atoms with Gasteiger partial charge in [0, 0.05) is 6.04 Å². The predicted molar refractivity (Wildman–Crippen MR) is 63.4 cm³/mol. The molecule has 0 bridgehead atoms. The minimum absolute atomic E-state index is 0.578. The molecule has 0 aromatic carbocycles. The van der Waals surface area contributed by atoms with Gasteiger partial charge in [0.2, 0.25) is 0 Å². The lowest BCUT2D eigenvalue weighted by Gasteiger charge is -2.47. The smallest absolute Gasteiger partial charge is 0.00410 e. The van der Waals surface area contributed by atoms with Crippen molar-refractivity contribution in [2.24, 2.45) is 17.3 Å². The fourth-order valence-corrected chi connectivity index (χ4v) is 2.87. The summed E-state index contributed by atoms with van der Waals surface area (Å²) in [6.07, 6.45) is 5.58. The van der Waals surface area contributed by atoms with Gasteiger partial charge in [-0.3, -0.25) is 0 Å². The standard InChI is InChI=1S/C13H27N/c1-6-13(4,9-11(3)14-5)12-7-10(2)8-12/h10-12,14H,6-9H2,1-5H3. The predicted octanol–water partition coefficient (Wildman–Crippen LogP) is 3.45. The fourth-order valence-electron chi connectivity index (χ4n) is 2.87. The summed E-state index contributed by atoms with van der Waals surface area (Å²) in [5.41, 5.74) is 0.578. The molecule has 0 aliphatic heterocycles. The maximum atomic E-state index is 3.37. The van der Waals surface area contributed by atoms with Gasteiger partial charge >= 0.3 is 0 Å². The Kier molecular flexibility index (Phi) is 4.00. The molecular weight excluding hydrogens is 170 g/mol. The normalized spacial score (nSPS) is 33.2. The number of rotatable bonds is 5. The number of hydrogen-bond acceptors (Lipinski definition) is 1. The van der Waals surface area contributed by atoms with Crippen LogP contribution in [-0.4, -0.2) is 13.1 Å². The molecule has 1 saturated carbocycles. The second-order valence-electron chi connectivity index (χ2n) is 5.67. The Morgan fingerprint density at radius 2 is 2.00 bits per heavy atom. The minimum Gasteiger partial charge on any atom is -0.317 e. The maximum Gasteiger partial charge on any atom is 0.00410 e. The first kappa shape index (κ1) is 12.0. The SMILES string of the molecule is CCC(C)(CC(C)NC)C1CC(C)C1. The molecule has 1 fully saturated rings. The van der Waals surface area contributed by atoms with Crippen molar-refractivity contribution < 1.29 is 0 Å². The van der Waals surface area contributed by atoms with Crippen LogP contribution in [0.2, 0.25) is 0 Å². The van der Waals surface area contributed by atoms with Crippen LogP contribution in [0, 0.1) is 17.3 Å². The summed E-state index contributed by atoms with van der Waals surface area (Å²) in [6, 6.07) is 0.663. The molecule has 0 aromatic rings. The van der Waals surface area contributed by atoms with Crippen LogP contribution in [0.4, 0.5) is 0 Å². The molecule has 1 aliphatic rings. The summed E-state index contributed by atoms with van der Waals surface area (Å²) < 4.78 is 0. The minimum atomic E-state index is 0.578. The highest BCUT2D eigenvalue weighted by atomic mass is 14.9. The van der Waals surface area contributed by atoms with Crippen LogP contribution in [0.3, 0.4) is 0 Å². The lowest BCUT2D eigenvalue weighted by atomic mass is 9.59. The maximum absolute atomic E-state index is 3.37. The van der Waals surface area contributed by atoms with E-state index in [1.165, 1.54) is 25.7 Å². The van der Waals surface area contributed by atoms with Gasteiger partial charge in [-0.05, 0) is 50.5 Å². The molecule has 1 N–H and O–H groups in total. The van der Waals surface area contributed by atoms with E-state index >= 15 is 0 Å². The zero-order chi connectivity index (χ0) is 10.8. The van der Waals surface area contributed by atoms with Crippen molar-refractivity contribution in [1.82, 2.24) is 5.32 Å². The highest BCUT2D eigenvalue weighted by Gasteiger charge is 2.40. The van der Waals surface area contributed by atoms with E-state index in [0.717, 1.165) is 11.8 Å². The van der Waals surface area contributed by atoms with Crippen molar-refractivity contribution in [2.75, 3.05) is 7.05 Å². The van der Waals surface area contributed by atoms with Crippen LogP contribution in [0.1, 0.15) is 53.4 Å². The van der Waals surface area contributed by atoms with Gasteiger partial charge in [-0.15, -0.1) is 0 Å². The molecule has 0 spiro atoms. The van der Waals surface area contributed by atoms with Gasteiger partial charge in [0.05, 0.1) is 0 Å². The molecule has 1 heteroatoms. The van der Waals surface area contributed by atoms with Crippen molar-refractivity contribution in [1.29, 1.82) is 0 Å². The second-order valence-corrected chi connectivity index (χ2v) is 5.67. The summed E-state index contributed by atoms with van der Waals surface area (Å²) >= 11 is 0. The molecular formula is C13H27N. The lowest BCUT2D eigenvalue weighted by molar-refractivity contribution is 0.0388. The van der Waals surface area contributed by atoms with Gasteiger partial charge in [-0.1, -0.05) is 27.2 Å². The zero-order valence-electron chi connectivity index (χ0n) is 10.6. The third-order valence-electron chi connectivity index (χ3n) is 4.43. The van der Waals surface area contributed by atoms with E-state index in [0.29, 0.717) is 11.5 Å². The third-order valence-corrected chi connectivity index (χ3v) is 4.43. The van der Waals surface area contributed by atoms with E-state index in [4.69, 9.17) is 0 Å². The molecule has 2 atom stereocenters. The summed E-state index contributed by atoms with van der Waals surface area (Å²) in [4.78, 5) is 0. The van der Waals surface area contributed by atoms with Crippen LogP contribution in [0.15, 0.2) is 0 Å². The van der Waals surface area contributed by atoms with E-state index < -0.39 is 0 Å². The third kappa shape index (κ3) is 2.50. The van der Waals surface area contributed by atoms with Crippen LogP contribution in [0.25, 0.3) is 0 Å². The molecule has 2 unspecified atom stereocenters. The molecule has 1 rings (SSSR count). The van der Waals surface area contributed by atoms with Gasteiger partial charge in [0.25, 0.3) is 0 Å². The Bertz CT molecular complexity index is 172. The Hall–Kier alpha value is -0.0400. The molecule has 0 saturated heterocycles. The monoisotopic (exact) mass is 197 g/mol. The first-order chi connectivity index (χ1) is 6.51. The highest BCUT2D eigenvalue weighted by molar-refractivity contribution is 4.91. The largest absolute Gasteiger partial charge is 0.317 e. The summed E-state index contributed by atoms with van der Waals surface area (Å²) in [6.45, 7) is 9.52. The van der Waals surface area contributed by atoms with Crippen LogP contribution in [-0.2, 0) is 0 Å².